The van der Waals surface area contributed by atoms with Crippen molar-refractivity contribution in [2.45, 2.75) is 71.8 Å². The lowest BCUT2D eigenvalue weighted by Gasteiger charge is -2.25. The van der Waals surface area contributed by atoms with Crippen LogP contribution in [-0.2, 0) is 16.0 Å². The summed E-state index contributed by atoms with van der Waals surface area (Å²) in [5, 5.41) is 3.47. The number of carbonyl (C=O) groups excluding carboxylic acids is 1. The number of carbonyl (C=O) groups is 1. The highest BCUT2D eigenvalue weighted by Crippen LogP contribution is 2.35. The maximum Gasteiger partial charge on any atom is 0.333 e. The highest BCUT2D eigenvalue weighted by Gasteiger charge is 2.19. The van der Waals surface area contributed by atoms with Crippen molar-refractivity contribution in [1.29, 1.82) is 0 Å². The van der Waals surface area contributed by atoms with Crippen molar-refractivity contribution in [3.63, 3.8) is 0 Å². The number of benzene rings is 1. The summed E-state index contributed by atoms with van der Waals surface area (Å²) in [4.78, 5) is 12.3. The number of rotatable bonds is 8. The van der Waals surface area contributed by atoms with E-state index >= 15 is 0 Å². The van der Waals surface area contributed by atoms with Crippen LogP contribution in [0.5, 0.6) is 11.5 Å². The highest BCUT2D eigenvalue weighted by molar-refractivity contribution is 5.83. The van der Waals surface area contributed by atoms with E-state index in [4.69, 9.17) is 14.2 Å². The van der Waals surface area contributed by atoms with E-state index < -0.39 is 5.60 Å². The number of allylic oxidation sites excluding steroid dienone is 1. The third-order valence-electron chi connectivity index (χ3n) is 5.28. The Morgan fingerprint density at radius 2 is 1.96 bits per heavy atom. The lowest BCUT2D eigenvalue weighted by Crippen LogP contribution is -2.25. The van der Waals surface area contributed by atoms with Gasteiger partial charge in [-0.3, -0.25) is 0 Å². The summed E-state index contributed by atoms with van der Waals surface area (Å²) in [5.74, 6) is 2.14. The number of fused-ring (bicyclic) bond motifs is 1. The monoisotopic (exact) mass is 387 g/mol. The molecule has 1 saturated carbocycles. The van der Waals surface area contributed by atoms with Gasteiger partial charge in [0.2, 0.25) is 6.79 Å². The maximum absolute atomic E-state index is 12.3. The molecule has 5 nitrogen and oxygen atoms in total. The molecular formula is C23H33NO4. The Labute approximate surface area is 168 Å². The summed E-state index contributed by atoms with van der Waals surface area (Å²) in [6.45, 7) is 8.83. The van der Waals surface area contributed by atoms with Crippen LogP contribution < -0.4 is 14.8 Å². The molecule has 0 spiro atoms. The number of aryl methyl sites for hydroxylation is 1. The van der Waals surface area contributed by atoms with E-state index in [1.165, 1.54) is 25.7 Å². The van der Waals surface area contributed by atoms with Crippen LogP contribution in [0.2, 0.25) is 0 Å². The topological polar surface area (TPSA) is 56.8 Å². The van der Waals surface area contributed by atoms with Gasteiger partial charge in [-0.15, -0.1) is 0 Å². The van der Waals surface area contributed by atoms with Crippen LogP contribution in [0.1, 0.15) is 64.0 Å². The molecule has 0 amide bonds. The molecule has 0 radical (unpaired) electrons. The normalized spacial score (nSPS) is 16.6. The first kappa shape index (κ1) is 20.6. The minimum atomic E-state index is -0.502. The second-order valence-electron chi connectivity index (χ2n) is 8.88. The number of nitrogens with one attached hydrogen (secondary N) is 1. The van der Waals surface area contributed by atoms with E-state index in [-0.39, 0.29) is 12.8 Å². The minimum Gasteiger partial charge on any atom is -0.457 e. The predicted octanol–water partition coefficient (Wildman–Crippen LogP) is 4.66. The molecule has 1 heterocycles. The standard InChI is InChI=1S/C23H33NO4/c1-16-11-20-21(27-15-26-20)13-18(16)12-19(14-22(25)28-23(2,3)4)24-10-6-9-17-7-5-8-17/h11,13-14,17,24H,5-10,12,15H2,1-4H3/b19-14-. The van der Waals surface area contributed by atoms with Crippen LogP contribution in [0.15, 0.2) is 23.9 Å². The third kappa shape index (κ3) is 5.91. The van der Waals surface area contributed by atoms with Crippen LogP contribution in [0.3, 0.4) is 0 Å². The number of hydrogen-bond donors (Lipinski definition) is 1. The molecule has 1 aliphatic carbocycles. The molecule has 28 heavy (non-hydrogen) atoms. The van der Waals surface area contributed by atoms with Gasteiger partial charge in [0.25, 0.3) is 0 Å². The summed E-state index contributed by atoms with van der Waals surface area (Å²) in [6.07, 6.45) is 8.73. The summed E-state index contributed by atoms with van der Waals surface area (Å²) < 4.78 is 16.4. The number of ether oxygens (including phenoxy) is 3. The summed E-state index contributed by atoms with van der Waals surface area (Å²) >= 11 is 0. The Bertz CT molecular complexity index is 729. The van der Waals surface area contributed by atoms with Gasteiger partial charge in [-0.2, -0.15) is 0 Å². The van der Waals surface area contributed by atoms with Crippen molar-refractivity contribution >= 4 is 5.97 Å². The van der Waals surface area contributed by atoms with Gasteiger partial charge in [-0.25, -0.2) is 4.79 Å². The Morgan fingerprint density at radius 3 is 2.61 bits per heavy atom. The second kappa shape index (κ2) is 8.89. The Kier molecular flexibility index (Phi) is 6.53. The zero-order chi connectivity index (χ0) is 20.1. The minimum absolute atomic E-state index is 0.262. The van der Waals surface area contributed by atoms with Crippen LogP contribution in [0.25, 0.3) is 0 Å². The largest absolute Gasteiger partial charge is 0.457 e. The van der Waals surface area contributed by atoms with Gasteiger partial charge < -0.3 is 19.5 Å². The van der Waals surface area contributed by atoms with Crippen LogP contribution in [-0.4, -0.2) is 24.9 Å². The summed E-state index contributed by atoms with van der Waals surface area (Å²) in [7, 11) is 0. The van der Waals surface area contributed by atoms with E-state index in [1.54, 1.807) is 6.08 Å². The molecule has 1 aromatic rings. The highest BCUT2D eigenvalue weighted by atomic mass is 16.7. The Balaban J connectivity index is 1.66. The summed E-state index contributed by atoms with van der Waals surface area (Å²) in [5.41, 5.74) is 2.61. The summed E-state index contributed by atoms with van der Waals surface area (Å²) in [6, 6.07) is 4.01. The smallest absolute Gasteiger partial charge is 0.333 e. The van der Waals surface area contributed by atoms with Gasteiger partial charge >= 0.3 is 5.97 Å². The van der Waals surface area contributed by atoms with Crippen molar-refractivity contribution in [2.75, 3.05) is 13.3 Å². The molecule has 1 fully saturated rings. The first-order valence-electron chi connectivity index (χ1n) is 10.4. The molecule has 5 heteroatoms. The van der Waals surface area contributed by atoms with Crippen molar-refractivity contribution < 1.29 is 19.0 Å². The van der Waals surface area contributed by atoms with E-state index in [0.717, 1.165) is 47.2 Å². The fourth-order valence-electron chi connectivity index (χ4n) is 3.54. The predicted molar refractivity (Wildman–Crippen MR) is 110 cm³/mol. The van der Waals surface area contributed by atoms with E-state index in [1.807, 2.05) is 32.9 Å². The maximum atomic E-state index is 12.3. The van der Waals surface area contributed by atoms with Gasteiger partial charge in [0.15, 0.2) is 11.5 Å². The lowest BCUT2D eigenvalue weighted by atomic mass is 9.82. The molecule has 0 unspecified atom stereocenters. The SMILES string of the molecule is Cc1cc2c(cc1C/C(=C/C(=O)OC(C)(C)C)NCCCC1CCC1)OCO2. The molecule has 1 N–H and O–H groups in total. The van der Waals surface area contributed by atoms with Gasteiger partial charge in [0.1, 0.15) is 5.60 Å². The number of esters is 1. The van der Waals surface area contributed by atoms with Crippen molar-refractivity contribution in [3.8, 4) is 11.5 Å². The first-order valence-corrected chi connectivity index (χ1v) is 10.4. The van der Waals surface area contributed by atoms with Crippen LogP contribution in [0.4, 0.5) is 0 Å². The molecule has 1 aliphatic heterocycles. The lowest BCUT2D eigenvalue weighted by molar-refractivity contribution is -0.148. The van der Waals surface area contributed by atoms with Crippen LogP contribution in [0, 0.1) is 12.8 Å². The number of hydrogen-bond acceptors (Lipinski definition) is 5. The van der Waals surface area contributed by atoms with Crippen molar-refractivity contribution in [3.05, 3.63) is 35.0 Å². The molecule has 0 aromatic heterocycles. The zero-order valence-corrected chi connectivity index (χ0v) is 17.6. The molecule has 0 atom stereocenters. The van der Waals surface area contributed by atoms with Crippen molar-refractivity contribution in [2.24, 2.45) is 5.92 Å². The average Bonchev–Trinajstić information content (AvgIpc) is 2.98. The van der Waals surface area contributed by atoms with Gasteiger partial charge in [0, 0.05) is 24.7 Å². The fourth-order valence-corrected chi connectivity index (χ4v) is 3.54. The quantitative estimate of drug-likeness (QED) is 0.399. The van der Waals surface area contributed by atoms with E-state index in [9.17, 15) is 4.79 Å². The van der Waals surface area contributed by atoms with E-state index in [0.29, 0.717) is 6.42 Å². The average molecular weight is 388 g/mol. The Hall–Kier alpha value is -2.17. The van der Waals surface area contributed by atoms with Gasteiger partial charge in [-0.05, 0) is 69.7 Å². The molecule has 154 valence electrons. The molecular weight excluding hydrogens is 354 g/mol. The van der Waals surface area contributed by atoms with Gasteiger partial charge in [0.05, 0.1) is 0 Å². The molecule has 3 rings (SSSR count). The third-order valence-corrected chi connectivity index (χ3v) is 5.28. The fraction of sp³-hybridized carbons (Fsp3) is 0.609. The Morgan fingerprint density at radius 1 is 1.25 bits per heavy atom. The van der Waals surface area contributed by atoms with E-state index in [2.05, 4.69) is 12.2 Å². The first-order chi connectivity index (χ1) is 13.3. The van der Waals surface area contributed by atoms with Gasteiger partial charge in [-0.1, -0.05) is 19.3 Å². The molecule has 0 bridgehead atoms. The molecule has 0 saturated heterocycles. The van der Waals surface area contributed by atoms with Crippen molar-refractivity contribution in [1.82, 2.24) is 5.32 Å². The zero-order valence-electron chi connectivity index (χ0n) is 17.6. The van der Waals surface area contributed by atoms with Crippen LogP contribution >= 0.6 is 0 Å². The molecule has 1 aromatic carbocycles. The second-order valence-corrected chi connectivity index (χ2v) is 8.88. The molecule has 2 aliphatic rings.